The molecule has 0 spiro atoms. The van der Waals surface area contributed by atoms with Crippen LogP contribution in [-0.4, -0.2) is 35.1 Å². The molecule has 0 radical (unpaired) electrons. The molecule has 0 saturated heterocycles. The first-order valence-corrected chi connectivity index (χ1v) is 9.26. The molecule has 4 aromatic rings. The van der Waals surface area contributed by atoms with Crippen molar-refractivity contribution >= 4 is 33.7 Å². The zero-order chi connectivity index (χ0) is 20.2. The summed E-state index contributed by atoms with van der Waals surface area (Å²) < 4.78 is 10.4. The van der Waals surface area contributed by atoms with Crippen LogP contribution < -0.4 is 5.32 Å². The molecule has 2 heterocycles. The van der Waals surface area contributed by atoms with Crippen molar-refractivity contribution in [1.82, 2.24) is 10.3 Å². The van der Waals surface area contributed by atoms with Gasteiger partial charge in [0.2, 0.25) is 0 Å². The zero-order valence-electron chi connectivity index (χ0n) is 15.6. The molecule has 0 aliphatic carbocycles. The maximum Gasteiger partial charge on any atom is 0.310 e. The average Bonchev–Trinajstić information content (AvgIpc) is 3.30. The Hall–Kier alpha value is -3.74. The van der Waals surface area contributed by atoms with Crippen molar-refractivity contribution in [3.8, 4) is 5.75 Å². The normalized spacial score (nSPS) is 11.0. The minimum absolute atomic E-state index is 0.0135. The molecule has 0 aliphatic heterocycles. The summed E-state index contributed by atoms with van der Waals surface area (Å²) in [6.07, 6.45) is 4.05. The predicted molar refractivity (Wildman–Crippen MR) is 108 cm³/mol. The fraction of sp³-hybridized carbons (Fsp3) is 0.182. The van der Waals surface area contributed by atoms with Crippen LogP contribution in [0.25, 0.3) is 21.9 Å². The van der Waals surface area contributed by atoms with Crippen molar-refractivity contribution in [3.63, 3.8) is 0 Å². The lowest BCUT2D eigenvalue weighted by Gasteiger charge is -2.06. The van der Waals surface area contributed by atoms with Gasteiger partial charge in [-0.25, -0.2) is 0 Å². The quantitative estimate of drug-likeness (QED) is 0.419. The molecule has 7 nitrogen and oxygen atoms in total. The van der Waals surface area contributed by atoms with Gasteiger partial charge in [-0.3, -0.25) is 9.59 Å². The number of aromatic nitrogens is 1. The summed E-state index contributed by atoms with van der Waals surface area (Å²) in [6, 6.07) is 12.7. The Morgan fingerprint density at radius 1 is 1.10 bits per heavy atom. The number of fused-ring (bicyclic) bond motifs is 2. The third-order valence-electron chi connectivity index (χ3n) is 4.73. The Kier molecular flexibility index (Phi) is 5.20. The highest BCUT2D eigenvalue weighted by molar-refractivity contribution is 5.87. The fourth-order valence-electron chi connectivity index (χ4n) is 3.29. The van der Waals surface area contributed by atoms with Crippen LogP contribution in [0.3, 0.4) is 0 Å². The monoisotopic (exact) mass is 392 g/mol. The molecule has 0 saturated carbocycles. The lowest BCUT2D eigenvalue weighted by molar-refractivity contribution is -0.147. The van der Waals surface area contributed by atoms with Gasteiger partial charge in [0.25, 0.3) is 5.91 Å². The number of furan rings is 1. The summed E-state index contributed by atoms with van der Waals surface area (Å²) in [5.41, 5.74) is 3.31. The van der Waals surface area contributed by atoms with Gasteiger partial charge >= 0.3 is 5.97 Å². The minimum atomic E-state index is -0.521. The van der Waals surface area contributed by atoms with Crippen molar-refractivity contribution in [2.75, 3.05) is 13.2 Å². The van der Waals surface area contributed by atoms with Crippen LogP contribution in [0, 0.1) is 0 Å². The van der Waals surface area contributed by atoms with E-state index in [4.69, 9.17) is 9.15 Å². The van der Waals surface area contributed by atoms with Gasteiger partial charge in [-0.05, 0) is 30.2 Å². The highest BCUT2D eigenvalue weighted by Crippen LogP contribution is 2.25. The number of nitrogens with one attached hydrogen (secondary N) is 2. The van der Waals surface area contributed by atoms with Crippen molar-refractivity contribution in [1.29, 1.82) is 0 Å². The van der Waals surface area contributed by atoms with E-state index in [2.05, 4.69) is 10.3 Å². The Morgan fingerprint density at radius 2 is 1.97 bits per heavy atom. The lowest BCUT2D eigenvalue weighted by atomic mass is 10.1. The van der Waals surface area contributed by atoms with E-state index in [-0.39, 0.29) is 24.7 Å². The predicted octanol–water partition coefficient (Wildman–Crippen LogP) is 3.06. The fourth-order valence-corrected chi connectivity index (χ4v) is 3.29. The molecule has 29 heavy (non-hydrogen) atoms. The highest BCUT2D eigenvalue weighted by atomic mass is 16.5. The molecule has 2 aromatic heterocycles. The molecule has 148 valence electrons. The second-order valence-electron chi connectivity index (χ2n) is 6.74. The largest absolute Gasteiger partial charge is 0.508 e. The van der Waals surface area contributed by atoms with E-state index in [1.807, 2.05) is 30.5 Å². The van der Waals surface area contributed by atoms with E-state index in [9.17, 15) is 14.7 Å². The Balaban J connectivity index is 1.23. The second kappa shape index (κ2) is 8.10. The first-order chi connectivity index (χ1) is 14.1. The number of phenols is 1. The molecule has 0 atom stereocenters. The van der Waals surface area contributed by atoms with Gasteiger partial charge in [0.05, 0.1) is 12.7 Å². The molecule has 1 amide bonds. The Bertz CT molecular complexity index is 1170. The number of amides is 1. The first-order valence-electron chi connectivity index (χ1n) is 9.26. The molecule has 0 fully saturated rings. The minimum Gasteiger partial charge on any atom is -0.508 e. The Labute approximate surface area is 166 Å². The standard InChI is InChI=1S/C22H20N2O5/c25-16-5-6-18-15(12-28-20(18)10-16)9-22(27)29-13-21(26)23-8-7-14-11-24-19-4-2-1-3-17(14)19/h1-6,10-12,24-25H,7-9,13H2,(H,23,26). The number of aromatic amines is 1. The number of ether oxygens (including phenoxy) is 1. The molecule has 0 bridgehead atoms. The number of rotatable bonds is 7. The van der Waals surface area contributed by atoms with Crippen LogP contribution in [0.15, 0.2) is 59.3 Å². The maximum atomic E-state index is 12.0. The number of phenolic OH excluding ortho intramolecular Hbond substituents is 1. The van der Waals surface area contributed by atoms with Crippen LogP contribution in [0.5, 0.6) is 5.75 Å². The number of hydrogen-bond donors (Lipinski definition) is 3. The van der Waals surface area contributed by atoms with E-state index in [0.717, 1.165) is 21.9 Å². The van der Waals surface area contributed by atoms with Crippen LogP contribution in [0.4, 0.5) is 0 Å². The van der Waals surface area contributed by atoms with E-state index in [0.29, 0.717) is 24.1 Å². The molecular weight excluding hydrogens is 372 g/mol. The second-order valence-corrected chi connectivity index (χ2v) is 6.74. The highest BCUT2D eigenvalue weighted by Gasteiger charge is 2.13. The number of H-pyrrole nitrogens is 1. The molecule has 2 aromatic carbocycles. The summed E-state index contributed by atoms with van der Waals surface area (Å²) in [5.74, 6) is -0.780. The number of benzene rings is 2. The summed E-state index contributed by atoms with van der Waals surface area (Å²) in [4.78, 5) is 27.2. The molecule has 3 N–H and O–H groups in total. The molecule has 7 heteroatoms. The maximum absolute atomic E-state index is 12.0. The van der Waals surface area contributed by atoms with Gasteiger partial charge in [0.1, 0.15) is 11.3 Å². The summed E-state index contributed by atoms with van der Waals surface area (Å²) in [5, 5.41) is 14.1. The summed E-state index contributed by atoms with van der Waals surface area (Å²) >= 11 is 0. The number of para-hydroxylation sites is 1. The lowest BCUT2D eigenvalue weighted by Crippen LogP contribution is -2.30. The van der Waals surface area contributed by atoms with E-state index < -0.39 is 5.97 Å². The number of aromatic hydroxyl groups is 1. The van der Waals surface area contributed by atoms with Crippen LogP contribution in [-0.2, 0) is 27.2 Å². The van der Waals surface area contributed by atoms with Crippen LogP contribution in [0.1, 0.15) is 11.1 Å². The number of hydrogen-bond acceptors (Lipinski definition) is 5. The third-order valence-corrected chi connectivity index (χ3v) is 4.73. The van der Waals surface area contributed by atoms with Crippen molar-refractivity contribution in [2.24, 2.45) is 0 Å². The molecular formula is C22H20N2O5. The first kappa shape index (κ1) is 18.6. The molecule has 0 aliphatic rings. The van der Waals surface area contributed by atoms with Gasteiger partial charge in [0, 0.05) is 40.7 Å². The smallest absolute Gasteiger partial charge is 0.310 e. The summed E-state index contributed by atoms with van der Waals surface area (Å²) in [6.45, 7) is 0.122. The van der Waals surface area contributed by atoms with Crippen molar-refractivity contribution in [2.45, 2.75) is 12.8 Å². The average molecular weight is 392 g/mol. The van der Waals surface area contributed by atoms with E-state index in [1.54, 1.807) is 6.07 Å². The SMILES string of the molecule is O=C(COC(=O)Cc1coc2cc(O)ccc12)NCCc1c[nH]c2ccccc12. The van der Waals surface area contributed by atoms with Gasteiger partial charge in [-0.2, -0.15) is 0 Å². The summed E-state index contributed by atoms with van der Waals surface area (Å²) in [7, 11) is 0. The van der Waals surface area contributed by atoms with E-state index >= 15 is 0 Å². The van der Waals surface area contributed by atoms with Crippen LogP contribution >= 0.6 is 0 Å². The van der Waals surface area contributed by atoms with Crippen molar-refractivity contribution in [3.05, 3.63) is 66.1 Å². The zero-order valence-corrected chi connectivity index (χ0v) is 15.6. The number of carbonyl (C=O) groups excluding carboxylic acids is 2. The molecule has 4 rings (SSSR count). The molecule has 0 unspecified atom stereocenters. The van der Waals surface area contributed by atoms with E-state index in [1.165, 1.54) is 18.4 Å². The van der Waals surface area contributed by atoms with Gasteiger partial charge in [-0.1, -0.05) is 18.2 Å². The third kappa shape index (κ3) is 4.24. The number of esters is 1. The van der Waals surface area contributed by atoms with Crippen LogP contribution in [0.2, 0.25) is 0 Å². The van der Waals surface area contributed by atoms with Gasteiger partial charge in [0.15, 0.2) is 6.61 Å². The number of carbonyl (C=O) groups is 2. The Morgan fingerprint density at radius 3 is 2.86 bits per heavy atom. The van der Waals surface area contributed by atoms with Gasteiger partial charge in [-0.15, -0.1) is 0 Å². The topological polar surface area (TPSA) is 105 Å². The van der Waals surface area contributed by atoms with Crippen molar-refractivity contribution < 1.29 is 23.8 Å². The van der Waals surface area contributed by atoms with Gasteiger partial charge < -0.3 is 24.6 Å².